The number of nitrogens with two attached hydrogens (primary N) is 1. The van der Waals surface area contributed by atoms with E-state index < -0.39 is 0 Å². The second-order valence-electron chi connectivity index (χ2n) is 5.14. The van der Waals surface area contributed by atoms with Crippen LogP contribution in [-0.4, -0.2) is 23.4 Å². The van der Waals surface area contributed by atoms with Crippen molar-refractivity contribution in [1.29, 1.82) is 0 Å². The molecule has 1 saturated carbocycles. The van der Waals surface area contributed by atoms with Crippen LogP contribution in [0.1, 0.15) is 29.6 Å². The first-order valence-electron chi connectivity index (χ1n) is 6.11. The van der Waals surface area contributed by atoms with E-state index in [1.54, 1.807) is 12.1 Å². The van der Waals surface area contributed by atoms with Crippen molar-refractivity contribution < 1.29 is 4.79 Å². The largest absolute Gasteiger partial charge is 0.396 e. The number of nitrogens with zero attached hydrogens (tertiary/aromatic N) is 1. The fraction of sp³-hybridized carbons (Fsp3) is 0.462. The number of piperidine rings is 1. The van der Waals surface area contributed by atoms with Crippen LogP contribution in [-0.2, 0) is 0 Å². The summed E-state index contributed by atoms with van der Waals surface area (Å²) in [5, 5.41) is 0.686. The Morgan fingerprint density at radius 2 is 1.94 bits per heavy atom. The Hall–Kier alpha value is -0.930. The summed E-state index contributed by atoms with van der Waals surface area (Å²) in [4.78, 5) is 14.4. The first kappa shape index (κ1) is 12.1. The van der Waals surface area contributed by atoms with E-state index in [0.717, 1.165) is 19.4 Å². The molecule has 1 aromatic rings. The summed E-state index contributed by atoms with van der Waals surface area (Å²) in [6.07, 6.45) is 3.51. The van der Waals surface area contributed by atoms with Crippen molar-refractivity contribution in [2.24, 2.45) is 5.92 Å². The van der Waals surface area contributed by atoms with E-state index >= 15 is 0 Å². The predicted molar refractivity (Wildman–Crippen MR) is 73.0 cm³/mol. The molecule has 0 radical (unpaired) electrons. The van der Waals surface area contributed by atoms with E-state index in [-0.39, 0.29) is 5.91 Å². The van der Waals surface area contributed by atoms with Gasteiger partial charge in [-0.15, -0.1) is 0 Å². The Balaban J connectivity index is 1.89. The van der Waals surface area contributed by atoms with Gasteiger partial charge < -0.3 is 10.6 Å². The molecule has 0 spiro atoms. The highest BCUT2D eigenvalue weighted by atomic mass is 35.5. The van der Waals surface area contributed by atoms with Gasteiger partial charge in [-0.3, -0.25) is 4.79 Å². The molecule has 18 heavy (non-hydrogen) atoms. The molecule has 5 heteroatoms. The van der Waals surface area contributed by atoms with E-state index in [1.165, 1.54) is 6.42 Å². The molecule has 2 fully saturated rings. The van der Waals surface area contributed by atoms with Gasteiger partial charge in [0.2, 0.25) is 0 Å². The standard InChI is InChI=1S/C13H14Cl2N2O/c14-10-4-8(5-11(15)12(10)16)13(18)17-6-7-1-2-9(17)3-7/h4-5,7,9H,1-3,6,16H2. The van der Waals surface area contributed by atoms with Crippen LogP contribution in [0.3, 0.4) is 0 Å². The summed E-state index contributed by atoms with van der Waals surface area (Å²) in [5.74, 6) is 0.699. The van der Waals surface area contributed by atoms with Gasteiger partial charge in [-0.25, -0.2) is 0 Å². The summed E-state index contributed by atoms with van der Waals surface area (Å²) >= 11 is 11.9. The van der Waals surface area contributed by atoms with E-state index in [9.17, 15) is 4.79 Å². The Morgan fingerprint density at radius 1 is 1.28 bits per heavy atom. The zero-order valence-electron chi connectivity index (χ0n) is 9.83. The molecule has 2 aliphatic rings. The molecule has 1 amide bonds. The maximum absolute atomic E-state index is 12.4. The first-order valence-corrected chi connectivity index (χ1v) is 6.87. The molecular formula is C13H14Cl2N2O. The van der Waals surface area contributed by atoms with Crippen molar-refractivity contribution in [3.8, 4) is 0 Å². The van der Waals surface area contributed by atoms with Crippen LogP contribution < -0.4 is 5.73 Å². The van der Waals surface area contributed by atoms with Gasteiger partial charge in [0.05, 0.1) is 15.7 Å². The maximum Gasteiger partial charge on any atom is 0.254 e. The van der Waals surface area contributed by atoms with Crippen LogP contribution in [0, 0.1) is 5.92 Å². The minimum Gasteiger partial charge on any atom is -0.396 e. The highest BCUT2D eigenvalue weighted by Gasteiger charge is 2.40. The van der Waals surface area contributed by atoms with Crippen molar-refractivity contribution in [3.05, 3.63) is 27.7 Å². The maximum atomic E-state index is 12.4. The number of likely N-dealkylation sites (tertiary alicyclic amines) is 1. The average molecular weight is 285 g/mol. The Morgan fingerprint density at radius 3 is 2.44 bits per heavy atom. The van der Waals surface area contributed by atoms with E-state index in [2.05, 4.69) is 0 Å². The van der Waals surface area contributed by atoms with Gasteiger partial charge >= 0.3 is 0 Å². The minimum atomic E-state index is 0.0194. The third-order valence-electron chi connectivity index (χ3n) is 4.00. The summed E-state index contributed by atoms with van der Waals surface area (Å²) in [6.45, 7) is 0.864. The molecule has 96 valence electrons. The molecular weight excluding hydrogens is 271 g/mol. The molecule has 3 nitrogen and oxygen atoms in total. The second kappa shape index (κ2) is 4.32. The van der Waals surface area contributed by atoms with Gasteiger partial charge in [-0.1, -0.05) is 23.2 Å². The van der Waals surface area contributed by atoms with Crippen molar-refractivity contribution >= 4 is 34.8 Å². The number of amides is 1. The molecule has 1 aliphatic carbocycles. The first-order chi connectivity index (χ1) is 8.56. The highest BCUT2D eigenvalue weighted by molar-refractivity contribution is 6.39. The van der Waals surface area contributed by atoms with Crippen LogP contribution in [0.4, 0.5) is 5.69 Å². The molecule has 1 heterocycles. The van der Waals surface area contributed by atoms with Crippen LogP contribution in [0.15, 0.2) is 12.1 Å². The zero-order valence-corrected chi connectivity index (χ0v) is 11.3. The van der Waals surface area contributed by atoms with Crippen LogP contribution in [0.25, 0.3) is 0 Å². The fourth-order valence-corrected chi connectivity index (χ4v) is 3.53. The van der Waals surface area contributed by atoms with Crippen molar-refractivity contribution in [2.75, 3.05) is 12.3 Å². The lowest BCUT2D eigenvalue weighted by Crippen LogP contribution is -2.37. The van der Waals surface area contributed by atoms with Crippen LogP contribution in [0.2, 0.25) is 10.0 Å². The summed E-state index contributed by atoms with van der Waals surface area (Å²) in [6, 6.07) is 3.62. The highest BCUT2D eigenvalue weighted by Crippen LogP contribution is 2.38. The number of rotatable bonds is 1. The molecule has 0 aromatic heterocycles. The van der Waals surface area contributed by atoms with E-state index in [0.29, 0.717) is 33.3 Å². The smallest absolute Gasteiger partial charge is 0.254 e. The monoisotopic (exact) mass is 284 g/mol. The Labute approximate surface area is 116 Å². The van der Waals surface area contributed by atoms with Gasteiger partial charge in [0.25, 0.3) is 5.91 Å². The summed E-state index contributed by atoms with van der Waals surface area (Å²) < 4.78 is 0. The summed E-state index contributed by atoms with van der Waals surface area (Å²) in [5.41, 5.74) is 6.54. The van der Waals surface area contributed by atoms with Crippen molar-refractivity contribution in [3.63, 3.8) is 0 Å². The number of hydrogen-bond donors (Lipinski definition) is 1. The SMILES string of the molecule is Nc1c(Cl)cc(C(=O)N2CC3CCC2C3)cc1Cl. The number of carbonyl (C=O) groups is 1. The zero-order chi connectivity index (χ0) is 12.9. The van der Waals surface area contributed by atoms with Gasteiger partial charge in [0, 0.05) is 18.2 Å². The number of carbonyl (C=O) groups excluding carboxylic acids is 1. The minimum absolute atomic E-state index is 0.0194. The third-order valence-corrected chi connectivity index (χ3v) is 4.62. The normalized spacial score (nSPS) is 25.8. The topological polar surface area (TPSA) is 46.3 Å². The molecule has 2 N–H and O–H groups in total. The van der Waals surface area contributed by atoms with Crippen molar-refractivity contribution in [2.45, 2.75) is 25.3 Å². The Kier molecular flexibility index (Phi) is 2.91. The molecule has 2 atom stereocenters. The van der Waals surface area contributed by atoms with Crippen LogP contribution >= 0.6 is 23.2 Å². The molecule has 2 bridgehead atoms. The number of anilines is 1. The van der Waals surface area contributed by atoms with Crippen molar-refractivity contribution in [1.82, 2.24) is 4.90 Å². The number of benzene rings is 1. The quantitative estimate of drug-likeness (QED) is 0.805. The molecule has 1 aliphatic heterocycles. The number of nitrogen functional groups attached to an aromatic ring is 1. The van der Waals surface area contributed by atoms with E-state index in [1.807, 2.05) is 4.90 Å². The van der Waals surface area contributed by atoms with Gasteiger partial charge in [-0.05, 0) is 37.3 Å². The van der Waals surface area contributed by atoms with Gasteiger partial charge in [0.1, 0.15) is 0 Å². The molecule has 1 aromatic carbocycles. The van der Waals surface area contributed by atoms with Gasteiger partial charge in [0.15, 0.2) is 0 Å². The predicted octanol–water partition coefficient (Wildman–Crippen LogP) is 3.20. The average Bonchev–Trinajstić information content (AvgIpc) is 2.96. The van der Waals surface area contributed by atoms with E-state index in [4.69, 9.17) is 28.9 Å². The summed E-state index contributed by atoms with van der Waals surface area (Å²) in [7, 11) is 0. The molecule has 2 unspecified atom stereocenters. The second-order valence-corrected chi connectivity index (χ2v) is 5.96. The number of fused-ring (bicyclic) bond motifs is 2. The Bertz CT molecular complexity index is 495. The lowest BCUT2D eigenvalue weighted by molar-refractivity contribution is 0.0703. The fourth-order valence-electron chi connectivity index (χ4n) is 3.05. The molecule has 3 rings (SSSR count). The van der Waals surface area contributed by atoms with Crippen LogP contribution in [0.5, 0.6) is 0 Å². The van der Waals surface area contributed by atoms with Gasteiger partial charge in [-0.2, -0.15) is 0 Å². The lowest BCUT2D eigenvalue weighted by atomic mass is 10.1. The number of hydrogen-bond acceptors (Lipinski definition) is 2. The molecule has 1 saturated heterocycles. The number of halogens is 2. The lowest BCUT2D eigenvalue weighted by Gasteiger charge is -2.27. The third kappa shape index (κ3) is 1.86.